The van der Waals surface area contributed by atoms with E-state index in [1.807, 2.05) is 0 Å². The number of aryl methyl sites for hydroxylation is 2. The average molecular weight is 401 g/mol. The highest BCUT2D eigenvalue weighted by atomic mass is 79.9. The highest BCUT2D eigenvalue weighted by molar-refractivity contribution is 9.10. The molecule has 0 radical (unpaired) electrons. The van der Waals surface area contributed by atoms with Crippen LogP contribution in [0.25, 0.3) is 0 Å². The summed E-state index contributed by atoms with van der Waals surface area (Å²) in [6, 6.07) is 6.26. The van der Waals surface area contributed by atoms with Gasteiger partial charge in [0, 0.05) is 14.1 Å². The molecule has 0 spiro atoms. The number of carbonyl (C=O) groups is 1. The Balaban J connectivity index is 2.44. The number of furan rings is 1. The first-order valence-corrected chi connectivity index (χ1v) is 8.98. The lowest BCUT2D eigenvalue weighted by Gasteiger charge is -2.15. The number of nitrogens with zero attached hydrogens (tertiary/aromatic N) is 1. The van der Waals surface area contributed by atoms with Gasteiger partial charge in [-0.3, -0.25) is 4.79 Å². The third kappa shape index (κ3) is 3.34. The van der Waals surface area contributed by atoms with E-state index in [9.17, 15) is 13.2 Å². The molecule has 23 heavy (non-hydrogen) atoms. The molecular weight excluding hydrogens is 384 g/mol. The summed E-state index contributed by atoms with van der Waals surface area (Å²) in [5.41, 5.74) is 0.566. The first-order valence-electron chi connectivity index (χ1n) is 6.74. The normalized spacial score (nSPS) is 11.7. The quantitative estimate of drug-likeness (QED) is 0.854. The number of anilines is 1. The van der Waals surface area contributed by atoms with Crippen LogP contribution in [0.15, 0.2) is 38.1 Å². The van der Waals surface area contributed by atoms with Crippen LogP contribution in [-0.2, 0) is 10.0 Å². The van der Waals surface area contributed by atoms with Gasteiger partial charge < -0.3 is 9.73 Å². The number of hydrogen-bond donors (Lipinski definition) is 1. The lowest BCUT2D eigenvalue weighted by Crippen LogP contribution is -2.24. The van der Waals surface area contributed by atoms with E-state index in [0.717, 1.165) is 4.31 Å². The Morgan fingerprint density at radius 1 is 1.17 bits per heavy atom. The van der Waals surface area contributed by atoms with Crippen LogP contribution in [0.4, 0.5) is 5.69 Å². The number of benzene rings is 1. The van der Waals surface area contributed by atoms with Gasteiger partial charge in [0.15, 0.2) is 0 Å². The van der Waals surface area contributed by atoms with Crippen molar-refractivity contribution < 1.29 is 17.6 Å². The van der Waals surface area contributed by atoms with Crippen molar-refractivity contribution in [1.29, 1.82) is 0 Å². The molecular formula is C15H17BrN2O4S. The standard InChI is InChI=1S/C15H17BrN2O4S/c1-9-13(14(16)10(2)22-9)15(19)17-11-7-5-6-8-12(11)23(20,21)18(3)4/h5-8H,1-4H3,(H,17,19). The van der Waals surface area contributed by atoms with Crippen molar-refractivity contribution in [2.24, 2.45) is 0 Å². The number of carbonyl (C=O) groups excluding carboxylic acids is 1. The van der Waals surface area contributed by atoms with E-state index in [1.165, 1.54) is 20.2 Å². The van der Waals surface area contributed by atoms with Gasteiger partial charge in [-0.15, -0.1) is 0 Å². The SMILES string of the molecule is Cc1oc(C)c(C(=O)Nc2ccccc2S(=O)(=O)N(C)C)c1Br. The van der Waals surface area contributed by atoms with Crippen LogP contribution in [0, 0.1) is 13.8 Å². The number of hydrogen-bond acceptors (Lipinski definition) is 4. The minimum atomic E-state index is -3.67. The van der Waals surface area contributed by atoms with E-state index in [1.54, 1.807) is 32.0 Å². The predicted octanol–water partition coefficient (Wildman–Crippen LogP) is 3.16. The molecule has 8 heteroatoms. The molecule has 1 N–H and O–H groups in total. The molecule has 6 nitrogen and oxygen atoms in total. The number of nitrogens with one attached hydrogen (secondary N) is 1. The Bertz CT molecular complexity index is 856. The molecule has 0 aliphatic carbocycles. The van der Waals surface area contributed by atoms with Crippen molar-refractivity contribution in [2.45, 2.75) is 18.7 Å². The van der Waals surface area contributed by atoms with Crippen molar-refractivity contribution in [3.8, 4) is 0 Å². The number of para-hydroxylation sites is 1. The molecule has 1 amide bonds. The summed E-state index contributed by atoms with van der Waals surface area (Å²) in [5, 5.41) is 2.65. The highest BCUT2D eigenvalue weighted by Gasteiger charge is 2.24. The molecule has 2 rings (SSSR count). The Labute approximate surface area is 143 Å². The summed E-state index contributed by atoms with van der Waals surface area (Å²) >= 11 is 3.32. The van der Waals surface area contributed by atoms with Gasteiger partial charge in [-0.05, 0) is 41.9 Å². The third-order valence-electron chi connectivity index (χ3n) is 3.31. The monoisotopic (exact) mass is 400 g/mol. The van der Waals surface area contributed by atoms with Crippen molar-refractivity contribution in [3.63, 3.8) is 0 Å². The van der Waals surface area contributed by atoms with Crippen molar-refractivity contribution in [3.05, 3.63) is 45.8 Å². The molecule has 1 aromatic carbocycles. The Hall–Kier alpha value is -1.64. The van der Waals surface area contributed by atoms with Crippen molar-refractivity contribution >= 4 is 37.5 Å². The lowest BCUT2D eigenvalue weighted by atomic mass is 10.2. The van der Waals surface area contributed by atoms with E-state index in [-0.39, 0.29) is 10.6 Å². The fourth-order valence-corrected chi connectivity index (χ4v) is 3.67. The summed E-state index contributed by atoms with van der Waals surface area (Å²) in [6.45, 7) is 3.41. The van der Waals surface area contributed by atoms with E-state index >= 15 is 0 Å². The molecule has 0 fully saturated rings. The van der Waals surface area contributed by atoms with E-state index in [0.29, 0.717) is 21.6 Å². The molecule has 2 aromatic rings. The minimum Gasteiger partial charge on any atom is -0.465 e. The molecule has 0 bridgehead atoms. The van der Waals surface area contributed by atoms with E-state index in [2.05, 4.69) is 21.2 Å². The Morgan fingerprint density at radius 3 is 2.30 bits per heavy atom. The summed E-state index contributed by atoms with van der Waals surface area (Å²) in [6.07, 6.45) is 0. The molecule has 0 aliphatic rings. The Kier molecular flexibility index (Phi) is 4.98. The van der Waals surface area contributed by atoms with Gasteiger partial charge in [0.2, 0.25) is 10.0 Å². The maximum atomic E-state index is 12.5. The van der Waals surface area contributed by atoms with Crippen LogP contribution >= 0.6 is 15.9 Å². The molecule has 0 unspecified atom stereocenters. The first kappa shape index (κ1) is 17.7. The van der Waals surface area contributed by atoms with E-state index in [4.69, 9.17) is 4.42 Å². The summed E-state index contributed by atoms with van der Waals surface area (Å²) in [7, 11) is -0.790. The zero-order valence-electron chi connectivity index (χ0n) is 13.2. The maximum Gasteiger partial charge on any atom is 0.260 e. The van der Waals surface area contributed by atoms with Gasteiger partial charge in [0.25, 0.3) is 5.91 Å². The fourth-order valence-electron chi connectivity index (χ4n) is 2.09. The lowest BCUT2D eigenvalue weighted by molar-refractivity contribution is 0.102. The number of amides is 1. The zero-order valence-corrected chi connectivity index (χ0v) is 15.6. The smallest absolute Gasteiger partial charge is 0.260 e. The predicted molar refractivity (Wildman–Crippen MR) is 91.2 cm³/mol. The number of sulfonamides is 1. The topological polar surface area (TPSA) is 79.6 Å². The molecule has 0 saturated carbocycles. The van der Waals surface area contributed by atoms with Crippen LogP contribution in [0.1, 0.15) is 21.9 Å². The second-order valence-corrected chi connectivity index (χ2v) is 8.05. The molecule has 0 atom stereocenters. The largest absolute Gasteiger partial charge is 0.465 e. The van der Waals surface area contributed by atoms with Crippen molar-refractivity contribution in [1.82, 2.24) is 4.31 Å². The van der Waals surface area contributed by atoms with Gasteiger partial charge >= 0.3 is 0 Å². The van der Waals surface area contributed by atoms with Crippen LogP contribution in [0.3, 0.4) is 0 Å². The number of halogens is 1. The third-order valence-corrected chi connectivity index (χ3v) is 6.14. The van der Waals surface area contributed by atoms with Crippen LogP contribution in [0.5, 0.6) is 0 Å². The van der Waals surface area contributed by atoms with Crippen LogP contribution < -0.4 is 5.32 Å². The molecule has 1 aromatic heterocycles. The average Bonchev–Trinajstić information content (AvgIpc) is 2.72. The molecule has 0 aliphatic heterocycles. The Morgan fingerprint density at radius 2 is 1.78 bits per heavy atom. The molecule has 0 saturated heterocycles. The van der Waals surface area contributed by atoms with Crippen molar-refractivity contribution in [2.75, 3.05) is 19.4 Å². The van der Waals surface area contributed by atoms with Crippen LogP contribution in [-0.4, -0.2) is 32.7 Å². The van der Waals surface area contributed by atoms with Crippen LogP contribution in [0.2, 0.25) is 0 Å². The van der Waals surface area contributed by atoms with Gasteiger partial charge in [-0.1, -0.05) is 12.1 Å². The van der Waals surface area contributed by atoms with Gasteiger partial charge in [0.1, 0.15) is 16.4 Å². The second-order valence-electron chi connectivity index (χ2n) is 5.14. The first-order chi connectivity index (χ1) is 10.7. The summed E-state index contributed by atoms with van der Waals surface area (Å²) in [5.74, 6) is 0.606. The number of rotatable bonds is 4. The zero-order chi connectivity index (χ0) is 17.4. The van der Waals surface area contributed by atoms with Gasteiger partial charge in [0.05, 0.1) is 15.7 Å². The van der Waals surface area contributed by atoms with E-state index < -0.39 is 15.9 Å². The summed E-state index contributed by atoms with van der Waals surface area (Å²) < 4.78 is 31.8. The molecule has 124 valence electrons. The highest BCUT2D eigenvalue weighted by Crippen LogP contribution is 2.29. The fraction of sp³-hybridized carbons (Fsp3) is 0.267. The van der Waals surface area contributed by atoms with Gasteiger partial charge in [-0.25, -0.2) is 12.7 Å². The maximum absolute atomic E-state index is 12.5. The minimum absolute atomic E-state index is 0.0346. The van der Waals surface area contributed by atoms with Gasteiger partial charge in [-0.2, -0.15) is 0 Å². The summed E-state index contributed by atoms with van der Waals surface area (Å²) in [4.78, 5) is 12.5. The second kappa shape index (κ2) is 6.46. The molecule has 1 heterocycles.